The van der Waals surface area contributed by atoms with Crippen LogP contribution in [0.15, 0.2) is 77.3 Å². The van der Waals surface area contributed by atoms with Crippen molar-refractivity contribution >= 4 is 22.6 Å². The third-order valence-corrected chi connectivity index (χ3v) is 4.59. The molecule has 0 amide bonds. The number of aromatic nitrogens is 1. The minimum atomic E-state index is -0.298. The van der Waals surface area contributed by atoms with E-state index in [1.54, 1.807) is 0 Å². The highest BCUT2D eigenvalue weighted by Gasteiger charge is 2.17. The Morgan fingerprint density at radius 1 is 1.00 bits per heavy atom. The Balaban J connectivity index is 1.72. The van der Waals surface area contributed by atoms with E-state index in [0.717, 1.165) is 22.1 Å². The monoisotopic (exact) mass is 364 g/mol. The van der Waals surface area contributed by atoms with Crippen LogP contribution in [0.5, 0.6) is 5.88 Å². The fraction of sp³-hybridized carbons (Fsp3) is 0.0952. The maximum absolute atomic E-state index is 6.32. The Morgan fingerprint density at radius 3 is 2.54 bits per heavy atom. The number of benzene rings is 3. The van der Waals surface area contributed by atoms with Crippen LogP contribution in [-0.4, -0.2) is 11.7 Å². The number of hydrogen-bond donors (Lipinski definition) is 1. The van der Waals surface area contributed by atoms with Crippen molar-refractivity contribution < 1.29 is 9.26 Å². The van der Waals surface area contributed by atoms with Gasteiger partial charge >= 0.3 is 0 Å². The predicted octanol–water partition coefficient (Wildman–Crippen LogP) is 5.23. The van der Waals surface area contributed by atoms with E-state index < -0.39 is 0 Å². The van der Waals surface area contributed by atoms with E-state index in [1.807, 2.05) is 72.8 Å². The van der Waals surface area contributed by atoms with Crippen LogP contribution in [-0.2, 0) is 0 Å². The summed E-state index contributed by atoms with van der Waals surface area (Å²) < 4.78 is 11.5. The molecule has 3 aromatic carbocycles. The second kappa shape index (κ2) is 7.20. The Labute approximate surface area is 156 Å². The summed E-state index contributed by atoms with van der Waals surface area (Å²) in [5.41, 5.74) is 9.47. The summed E-state index contributed by atoms with van der Waals surface area (Å²) >= 11 is 6.32. The molecule has 0 fully saturated rings. The van der Waals surface area contributed by atoms with Gasteiger partial charge in [0.05, 0.1) is 5.39 Å². The largest absolute Gasteiger partial charge is 0.466 e. The van der Waals surface area contributed by atoms with Crippen molar-refractivity contribution in [1.29, 1.82) is 0 Å². The summed E-state index contributed by atoms with van der Waals surface area (Å²) in [4.78, 5) is 0. The van der Waals surface area contributed by atoms with Crippen molar-refractivity contribution in [3.8, 4) is 17.0 Å². The molecule has 130 valence electrons. The van der Waals surface area contributed by atoms with Gasteiger partial charge in [-0.25, -0.2) is 0 Å². The van der Waals surface area contributed by atoms with Gasteiger partial charge < -0.3 is 15.0 Å². The van der Waals surface area contributed by atoms with Crippen molar-refractivity contribution in [2.24, 2.45) is 5.73 Å². The summed E-state index contributed by atoms with van der Waals surface area (Å²) in [6.45, 7) is 0.336. The molecule has 0 spiro atoms. The first-order valence-electron chi connectivity index (χ1n) is 8.32. The molecule has 0 saturated heterocycles. The normalized spacial score (nSPS) is 12.2. The molecule has 1 aromatic heterocycles. The third-order valence-electron chi connectivity index (χ3n) is 4.26. The number of fused-ring (bicyclic) bond motifs is 1. The number of hydrogen-bond acceptors (Lipinski definition) is 4. The Bertz CT molecular complexity index is 1030. The molecule has 4 rings (SSSR count). The second-order valence-electron chi connectivity index (χ2n) is 5.93. The first kappa shape index (κ1) is 16.6. The molecule has 4 aromatic rings. The summed E-state index contributed by atoms with van der Waals surface area (Å²) in [5.74, 6) is 0.424. The highest BCUT2D eigenvalue weighted by atomic mass is 35.5. The first-order chi connectivity index (χ1) is 12.8. The zero-order valence-corrected chi connectivity index (χ0v) is 14.7. The topological polar surface area (TPSA) is 61.3 Å². The standard InChI is InChI=1S/C21H17ClN2O2/c22-18-9-5-4-8-16(18)15-10-11-19-17(12-15)21(24-26-19)25-20(13-23)14-6-2-1-3-7-14/h1-12,20H,13,23H2. The van der Waals surface area contributed by atoms with Crippen molar-refractivity contribution in [3.63, 3.8) is 0 Å². The Hall–Kier alpha value is -2.82. The molecular weight excluding hydrogens is 348 g/mol. The van der Waals surface area contributed by atoms with E-state index in [-0.39, 0.29) is 6.10 Å². The molecular formula is C21H17ClN2O2. The van der Waals surface area contributed by atoms with Crippen LogP contribution in [0.1, 0.15) is 11.7 Å². The molecule has 1 atom stereocenters. The molecule has 5 heteroatoms. The minimum Gasteiger partial charge on any atom is -0.466 e. The van der Waals surface area contributed by atoms with Gasteiger partial charge in [0.25, 0.3) is 5.88 Å². The van der Waals surface area contributed by atoms with Crippen molar-refractivity contribution in [3.05, 3.63) is 83.4 Å². The van der Waals surface area contributed by atoms with Gasteiger partial charge in [0, 0.05) is 17.1 Å². The molecule has 1 unspecified atom stereocenters. The smallest absolute Gasteiger partial charge is 0.262 e. The van der Waals surface area contributed by atoms with Gasteiger partial charge in [0.2, 0.25) is 0 Å². The molecule has 0 bridgehead atoms. The fourth-order valence-electron chi connectivity index (χ4n) is 2.92. The Kier molecular flexibility index (Phi) is 4.61. The lowest BCUT2D eigenvalue weighted by Crippen LogP contribution is -2.18. The molecule has 2 N–H and O–H groups in total. The number of nitrogens with zero attached hydrogens (tertiary/aromatic N) is 1. The molecule has 0 radical (unpaired) electrons. The molecule has 4 nitrogen and oxygen atoms in total. The van der Waals surface area contributed by atoms with Crippen LogP contribution in [0, 0.1) is 0 Å². The van der Waals surface area contributed by atoms with Crippen LogP contribution >= 0.6 is 11.6 Å². The predicted molar refractivity (Wildman–Crippen MR) is 103 cm³/mol. The summed E-state index contributed by atoms with van der Waals surface area (Å²) in [6, 6.07) is 23.3. The average Bonchev–Trinajstić information content (AvgIpc) is 3.09. The van der Waals surface area contributed by atoms with Crippen molar-refractivity contribution in [1.82, 2.24) is 5.16 Å². The van der Waals surface area contributed by atoms with Crippen LogP contribution in [0.3, 0.4) is 0 Å². The highest BCUT2D eigenvalue weighted by molar-refractivity contribution is 6.33. The second-order valence-corrected chi connectivity index (χ2v) is 6.34. The van der Waals surface area contributed by atoms with Crippen LogP contribution < -0.4 is 10.5 Å². The molecule has 0 aliphatic heterocycles. The quantitative estimate of drug-likeness (QED) is 0.527. The summed E-state index contributed by atoms with van der Waals surface area (Å²) in [5, 5.41) is 5.56. The maximum atomic E-state index is 6.32. The van der Waals surface area contributed by atoms with Gasteiger partial charge in [-0.3, -0.25) is 0 Å². The molecule has 1 heterocycles. The van der Waals surface area contributed by atoms with Gasteiger partial charge in [-0.05, 0) is 34.5 Å². The van der Waals surface area contributed by atoms with E-state index in [1.165, 1.54) is 0 Å². The number of ether oxygens (including phenoxy) is 1. The van der Waals surface area contributed by atoms with Gasteiger partial charge in [-0.1, -0.05) is 66.2 Å². The zero-order chi connectivity index (χ0) is 17.9. The van der Waals surface area contributed by atoms with Crippen molar-refractivity contribution in [2.45, 2.75) is 6.10 Å². The minimum absolute atomic E-state index is 0.298. The van der Waals surface area contributed by atoms with Crippen LogP contribution in [0.4, 0.5) is 0 Å². The fourth-order valence-corrected chi connectivity index (χ4v) is 3.16. The molecule has 0 aliphatic carbocycles. The Morgan fingerprint density at radius 2 is 1.77 bits per heavy atom. The summed E-state index contributed by atoms with van der Waals surface area (Å²) in [6.07, 6.45) is -0.298. The average molecular weight is 365 g/mol. The first-order valence-corrected chi connectivity index (χ1v) is 8.70. The highest BCUT2D eigenvalue weighted by Crippen LogP contribution is 2.34. The van der Waals surface area contributed by atoms with Gasteiger partial charge in [-0.2, -0.15) is 0 Å². The third kappa shape index (κ3) is 3.17. The van der Waals surface area contributed by atoms with E-state index in [9.17, 15) is 0 Å². The summed E-state index contributed by atoms with van der Waals surface area (Å²) in [7, 11) is 0. The van der Waals surface area contributed by atoms with E-state index in [0.29, 0.717) is 23.0 Å². The maximum Gasteiger partial charge on any atom is 0.262 e. The number of nitrogens with two attached hydrogens (primary N) is 1. The zero-order valence-electron chi connectivity index (χ0n) is 13.9. The molecule has 26 heavy (non-hydrogen) atoms. The molecule has 0 aliphatic rings. The van der Waals surface area contributed by atoms with E-state index in [4.69, 9.17) is 26.6 Å². The SMILES string of the molecule is NCC(Oc1noc2ccc(-c3ccccc3Cl)cc12)c1ccccc1. The van der Waals surface area contributed by atoms with Crippen LogP contribution in [0.2, 0.25) is 5.02 Å². The van der Waals surface area contributed by atoms with Gasteiger partial charge in [0.15, 0.2) is 5.58 Å². The molecule has 0 saturated carbocycles. The number of halogens is 1. The lowest BCUT2D eigenvalue weighted by molar-refractivity contribution is 0.196. The number of rotatable bonds is 5. The van der Waals surface area contributed by atoms with Gasteiger partial charge in [-0.15, -0.1) is 0 Å². The van der Waals surface area contributed by atoms with E-state index in [2.05, 4.69) is 5.16 Å². The van der Waals surface area contributed by atoms with Gasteiger partial charge in [0.1, 0.15) is 6.10 Å². The lowest BCUT2D eigenvalue weighted by atomic mass is 10.0. The van der Waals surface area contributed by atoms with E-state index >= 15 is 0 Å². The lowest BCUT2D eigenvalue weighted by Gasteiger charge is -2.15. The van der Waals surface area contributed by atoms with Crippen molar-refractivity contribution in [2.75, 3.05) is 6.54 Å². The van der Waals surface area contributed by atoms with Crippen LogP contribution in [0.25, 0.3) is 22.1 Å².